The lowest BCUT2D eigenvalue weighted by atomic mass is 10.2. The maximum absolute atomic E-state index is 13.0. The van der Waals surface area contributed by atoms with Crippen molar-refractivity contribution in [1.82, 2.24) is 9.97 Å². The molecule has 0 saturated carbocycles. The highest BCUT2D eigenvalue weighted by atomic mass is 19.1. The smallest absolute Gasteiger partial charge is 0.157 e. The Hall–Kier alpha value is -2.57. The Balaban J connectivity index is 1.70. The zero-order valence-electron chi connectivity index (χ0n) is 12.5. The highest BCUT2D eigenvalue weighted by Crippen LogP contribution is 2.27. The first kappa shape index (κ1) is 14.4. The van der Waals surface area contributed by atoms with E-state index in [1.54, 1.807) is 7.05 Å². The normalized spacial score (nSPS) is 15.0. The summed E-state index contributed by atoms with van der Waals surface area (Å²) in [5, 5.41) is 2.97. The second-order valence-electron chi connectivity index (χ2n) is 5.16. The molecule has 1 saturated heterocycles. The van der Waals surface area contributed by atoms with E-state index in [0.29, 0.717) is 11.5 Å². The number of piperazine rings is 1. The summed E-state index contributed by atoms with van der Waals surface area (Å²) in [7, 11) is 1.79. The van der Waals surface area contributed by atoms with Crippen molar-refractivity contribution in [2.24, 2.45) is 0 Å². The third kappa shape index (κ3) is 2.74. The monoisotopic (exact) mass is 302 g/mol. The SMILES string of the molecule is CNc1ncnc(N2CCN(c3ccc(F)cc3)CC2)c1N. The van der Waals surface area contributed by atoms with Gasteiger partial charge in [0.1, 0.15) is 17.8 Å². The van der Waals surface area contributed by atoms with Crippen LogP contribution in [-0.2, 0) is 0 Å². The van der Waals surface area contributed by atoms with E-state index in [9.17, 15) is 4.39 Å². The maximum atomic E-state index is 13.0. The standard InChI is InChI=1S/C15H19FN6/c1-18-14-13(17)15(20-10-19-14)22-8-6-21(7-9-22)12-4-2-11(16)3-5-12/h2-5,10H,6-9,17H2,1H3,(H,18,19,20). The molecule has 0 radical (unpaired) electrons. The summed E-state index contributed by atoms with van der Waals surface area (Å²) in [4.78, 5) is 12.8. The predicted molar refractivity (Wildman–Crippen MR) is 86.8 cm³/mol. The lowest BCUT2D eigenvalue weighted by Crippen LogP contribution is -2.47. The van der Waals surface area contributed by atoms with Crippen molar-refractivity contribution in [3.8, 4) is 0 Å². The molecule has 0 unspecified atom stereocenters. The van der Waals surface area contributed by atoms with Gasteiger partial charge in [-0.3, -0.25) is 0 Å². The topological polar surface area (TPSA) is 70.3 Å². The Morgan fingerprint density at radius 3 is 2.32 bits per heavy atom. The van der Waals surface area contributed by atoms with Gasteiger partial charge in [-0.25, -0.2) is 14.4 Å². The van der Waals surface area contributed by atoms with Gasteiger partial charge in [0.05, 0.1) is 0 Å². The van der Waals surface area contributed by atoms with Crippen molar-refractivity contribution >= 4 is 23.0 Å². The molecule has 1 aromatic heterocycles. The number of aromatic nitrogens is 2. The summed E-state index contributed by atoms with van der Waals surface area (Å²) in [5.41, 5.74) is 7.71. The molecule has 0 amide bonds. The van der Waals surface area contributed by atoms with Crippen LogP contribution in [0.15, 0.2) is 30.6 Å². The lowest BCUT2D eigenvalue weighted by Gasteiger charge is -2.37. The van der Waals surface area contributed by atoms with Crippen LogP contribution in [0, 0.1) is 5.82 Å². The number of nitrogens with one attached hydrogen (secondary N) is 1. The summed E-state index contributed by atoms with van der Waals surface area (Å²) >= 11 is 0. The van der Waals surface area contributed by atoms with Crippen molar-refractivity contribution in [3.05, 3.63) is 36.4 Å². The molecular formula is C15H19FN6. The second kappa shape index (κ2) is 6.05. The lowest BCUT2D eigenvalue weighted by molar-refractivity contribution is 0.624. The molecular weight excluding hydrogens is 283 g/mol. The first-order chi connectivity index (χ1) is 10.7. The average Bonchev–Trinajstić information content (AvgIpc) is 2.56. The van der Waals surface area contributed by atoms with Gasteiger partial charge in [-0.1, -0.05) is 0 Å². The van der Waals surface area contributed by atoms with Gasteiger partial charge in [0.25, 0.3) is 0 Å². The quantitative estimate of drug-likeness (QED) is 0.897. The Bertz CT molecular complexity index is 637. The second-order valence-corrected chi connectivity index (χ2v) is 5.16. The van der Waals surface area contributed by atoms with E-state index in [1.807, 2.05) is 12.1 Å². The Labute approximate surface area is 128 Å². The van der Waals surface area contributed by atoms with E-state index in [4.69, 9.17) is 5.73 Å². The molecule has 116 valence electrons. The van der Waals surface area contributed by atoms with Crippen molar-refractivity contribution in [2.75, 3.05) is 54.1 Å². The molecule has 0 aliphatic carbocycles. The minimum absolute atomic E-state index is 0.212. The predicted octanol–water partition coefficient (Wildman–Crippen LogP) is 1.57. The fraction of sp³-hybridized carbons (Fsp3) is 0.333. The van der Waals surface area contributed by atoms with Gasteiger partial charge in [0, 0.05) is 38.9 Å². The number of benzene rings is 1. The number of halogens is 1. The largest absolute Gasteiger partial charge is 0.393 e. The molecule has 3 N–H and O–H groups in total. The van der Waals surface area contributed by atoms with Crippen molar-refractivity contribution < 1.29 is 4.39 Å². The molecule has 7 heteroatoms. The van der Waals surface area contributed by atoms with Gasteiger partial charge in [-0.2, -0.15) is 0 Å². The number of nitrogen functional groups attached to an aromatic ring is 1. The minimum atomic E-state index is -0.212. The van der Waals surface area contributed by atoms with E-state index < -0.39 is 0 Å². The maximum Gasteiger partial charge on any atom is 0.157 e. The Kier molecular flexibility index (Phi) is 3.95. The molecule has 2 heterocycles. The van der Waals surface area contributed by atoms with Gasteiger partial charge >= 0.3 is 0 Å². The summed E-state index contributed by atoms with van der Waals surface area (Å²) in [6.45, 7) is 3.29. The number of rotatable bonds is 3. The van der Waals surface area contributed by atoms with Crippen LogP contribution in [0.1, 0.15) is 0 Å². The first-order valence-electron chi connectivity index (χ1n) is 7.22. The number of nitrogens with zero attached hydrogens (tertiary/aromatic N) is 4. The highest BCUT2D eigenvalue weighted by Gasteiger charge is 2.21. The van der Waals surface area contributed by atoms with Crippen LogP contribution in [0.2, 0.25) is 0 Å². The fourth-order valence-corrected chi connectivity index (χ4v) is 2.67. The van der Waals surface area contributed by atoms with E-state index in [2.05, 4.69) is 25.1 Å². The zero-order valence-corrected chi connectivity index (χ0v) is 12.5. The van der Waals surface area contributed by atoms with Crippen LogP contribution in [0.4, 0.5) is 27.4 Å². The van der Waals surface area contributed by atoms with E-state index >= 15 is 0 Å². The van der Waals surface area contributed by atoms with Crippen molar-refractivity contribution in [1.29, 1.82) is 0 Å². The molecule has 1 aromatic carbocycles. The fourth-order valence-electron chi connectivity index (χ4n) is 2.67. The minimum Gasteiger partial charge on any atom is -0.393 e. The molecule has 0 atom stereocenters. The van der Waals surface area contributed by atoms with Crippen LogP contribution >= 0.6 is 0 Å². The number of hydrogen-bond donors (Lipinski definition) is 2. The summed E-state index contributed by atoms with van der Waals surface area (Å²) in [5.74, 6) is 1.19. The van der Waals surface area contributed by atoms with Gasteiger partial charge in [0.15, 0.2) is 11.6 Å². The van der Waals surface area contributed by atoms with Crippen LogP contribution in [0.3, 0.4) is 0 Å². The van der Waals surface area contributed by atoms with E-state index in [-0.39, 0.29) is 5.82 Å². The number of nitrogens with two attached hydrogens (primary N) is 1. The molecule has 1 aliphatic rings. The Morgan fingerprint density at radius 2 is 1.68 bits per heavy atom. The molecule has 2 aromatic rings. The highest BCUT2D eigenvalue weighted by molar-refractivity contribution is 5.75. The van der Waals surface area contributed by atoms with Crippen LogP contribution < -0.4 is 20.9 Å². The molecule has 0 bridgehead atoms. The van der Waals surface area contributed by atoms with Crippen LogP contribution in [0.5, 0.6) is 0 Å². The van der Waals surface area contributed by atoms with E-state index in [1.165, 1.54) is 18.5 Å². The van der Waals surface area contributed by atoms with Gasteiger partial charge < -0.3 is 20.9 Å². The van der Waals surface area contributed by atoms with Crippen molar-refractivity contribution in [3.63, 3.8) is 0 Å². The summed E-state index contributed by atoms with van der Waals surface area (Å²) < 4.78 is 13.0. The van der Waals surface area contributed by atoms with Gasteiger partial charge in [0.2, 0.25) is 0 Å². The molecule has 0 spiro atoms. The number of anilines is 4. The summed E-state index contributed by atoms with van der Waals surface area (Å²) in [6.07, 6.45) is 1.52. The van der Waals surface area contributed by atoms with E-state index in [0.717, 1.165) is 37.7 Å². The molecule has 22 heavy (non-hydrogen) atoms. The number of hydrogen-bond acceptors (Lipinski definition) is 6. The average molecular weight is 302 g/mol. The van der Waals surface area contributed by atoms with Gasteiger partial charge in [-0.05, 0) is 24.3 Å². The third-order valence-electron chi connectivity index (χ3n) is 3.87. The molecule has 3 rings (SSSR count). The summed E-state index contributed by atoms with van der Waals surface area (Å²) in [6, 6.07) is 6.60. The van der Waals surface area contributed by atoms with Crippen LogP contribution in [-0.4, -0.2) is 43.2 Å². The first-order valence-corrected chi connectivity index (χ1v) is 7.22. The Morgan fingerprint density at radius 1 is 1.05 bits per heavy atom. The van der Waals surface area contributed by atoms with Gasteiger partial charge in [-0.15, -0.1) is 0 Å². The van der Waals surface area contributed by atoms with Crippen molar-refractivity contribution in [2.45, 2.75) is 0 Å². The zero-order chi connectivity index (χ0) is 15.5. The molecule has 1 fully saturated rings. The molecule has 1 aliphatic heterocycles. The molecule has 6 nitrogen and oxygen atoms in total. The van der Waals surface area contributed by atoms with Crippen LogP contribution in [0.25, 0.3) is 0 Å². The third-order valence-corrected chi connectivity index (χ3v) is 3.87.